The number of carbonyl (C=O) groups is 2. The van der Waals surface area contributed by atoms with Crippen molar-refractivity contribution < 1.29 is 76.0 Å². The lowest BCUT2D eigenvalue weighted by molar-refractivity contribution is -0.374. The second-order valence-corrected chi connectivity index (χ2v) is 20.1. The third kappa shape index (κ3) is 25.8. The molecule has 0 bridgehead atoms. The van der Waals surface area contributed by atoms with Crippen LogP contribution in [0.25, 0.3) is 0 Å². The molecule has 2 aliphatic rings. The first kappa shape index (κ1) is 61.3. The minimum atomic E-state index is -5.30. The molecular weight excluding hydrogens is 889 g/mol. The van der Waals surface area contributed by atoms with E-state index in [2.05, 4.69) is 18.0 Å². The van der Waals surface area contributed by atoms with Gasteiger partial charge in [0.1, 0.15) is 30.5 Å². The highest BCUT2D eigenvalue weighted by Gasteiger charge is 2.54. The molecule has 0 aromatic carbocycles. The summed E-state index contributed by atoms with van der Waals surface area (Å²) in [6, 6.07) is 0. The van der Waals surface area contributed by atoms with Crippen LogP contribution >= 0.6 is 0 Å². The summed E-state index contributed by atoms with van der Waals surface area (Å²) in [6.07, 6.45) is 16.1. The SMILES string of the molecule is CCCCCCCCCCCCCCCC[C@H](C)/C=C(\C)C(=O)O[C@H]1[C@H](O)[C@@H](CO)O[C@H](O[C@H]2O[C@H](CO)[C@@H](O)[C@H](O)[C@H]2OS(=O)(=O)O)[C@@H]1OC(=O)CCCCCCCCCCCCCCC. The van der Waals surface area contributed by atoms with Crippen molar-refractivity contribution in [3.8, 4) is 0 Å². The van der Waals surface area contributed by atoms with E-state index in [1.807, 2.05) is 6.92 Å². The first-order valence-corrected chi connectivity index (χ1v) is 27.5. The molecule has 0 radical (unpaired) electrons. The molecule has 2 saturated heterocycles. The third-order valence-electron chi connectivity index (χ3n) is 13.0. The zero-order chi connectivity index (χ0) is 49.5. The van der Waals surface area contributed by atoms with E-state index in [-0.39, 0.29) is 17.9 Å². The molecule has 0 aromatic heterocycles. The topological polar surface area (TPSA) is 245 Å². The number of unbranched alkanes of at least 4 members (excludes halogenated alkanes) is 25. The number of aliphatic hydroxyl groups excluding tert-OH is 5. The maximum absolute atomic E-state index is 13.7. The van der Waals surface area contributed by atoms with Gasteiger partial charge in [0, 0.05) is 12.0 Å². The number of carbonyl (C=O) groups excluding carboxylic acids is 2. The molecule has 0 aliphatic carbocycles. The largest absolute Gasteiger partial charge is 0.453 e. The highest BCUT2D eigenvalue weighted by Crippen LogP contribution is 2.33. The first-order valence-electron chi connectivity index (χ1n) is 26.1. The Morgan fingerprint density at radius 2 is 0.970 bits per heavy atom. The molecule has 6 N–H and O–H groups in total. The van der Waals surface area contributed by atoms with Gasteiger partial charge in [-0.2, -0.15) is 8.42 Å². The summed E-state index contributed by atoms with van der Waals surface area (Å²) in [5.74, 6) is -1.58. The number of ether oxygens (including phenoxy) is 5. The van der Waals surface area contributed by atoms with Crippen molar-refractivity contribution in [1.82, 2.24) is 0 Å². The van der Waals surface area contributed by atoms with Gasteiger partial charge in [0.15, 0.2) is 24.6 Å². The molecule has 2 heterocycles. The van der Waals surface area contributed by atoms with E-state index in [1.165, 1.54) is 122 Å². The Kier molecular flexibility index (Phi) is 33.1. The number of hydrogen-bond acceptors (Lipinski definition) is 15. The fourth-order valence-corrected chi connectivity index (χ4v) is 9.39. The zero-order valence-corrected chi connectivity index (χ0v) is 42.3. The summed E-state index contributed by atoms with van der Waals surface area (Å²) < 4.78 is 66.5. The molecule has 2 aliphatic heterocycles. The fraction of sp³-hybridized carbons (Fsp3) is 0.920. The number of rotatable bonds is 39. The highest BCUT2D eigenvalue weighted by molar-refractivity contribution is 7.80. The summed E-state index contributed by atoms with van der Waals surface area (Å²) >= 11 is 0. The summed E-state index contributed by atoms with van der Waals surface area (Å²) in [5, 5.41) is 52.7. The van der Waals surface area contributed by atoms with Gasteiger partial charge in [0.25, 0.3) is 0 Å². The van der Waals surface area contributed by atoms with E-state index in [0.29, 0.717) is 6.42 Å². The lowest BCUT2D eigenvalue weighted by Gasteiger charge is -2.46. The standard InChI is InChI=1S/C50H92O16S/c1-5-7-9-11-13-15-17-19-21-22-24-26-28-30-32-37(3)34-38(4)48(57)64-45-43(55)40(36-52)62-50(65-49-46(66-67(58,59)60)44(56)42(54)39(35-51)61-49)47(45)63-41(53)33-31-29-27-25-23-20-18-16-14-12-10-8-6-2/h34,37,39-40,42-47,49-52,54-56H,5-33,35-36H2,1-4H3,(H,58,59,60)/b38-34+/t37-,39+,40+,42+,43+,44-,45-,46+,47+,49+,50+/m0/s1. The van der Waals surface area contributed by atoms with Crippen LogP contribution in [0.5, 0.6) is 0 Å². The van der Waals surface area contributed by atoms with Crippen LogP contribution in [0.2, 0.25) is 0 Å². The van der Waals surface area contributed by atoms with Crippen LogP contribution < -0.4 is 0 Å². The fourth-order valence-electron chi connectivity index (χ4n) is 8.91. The van der Waals surface area contributed by atoms with E-state index in [4.69, 9.17) is 23.7 Å². The van der Waals surface area contributed by atoms with Gasteiger partial charge in [-0.1, -0.05) is 194 Å². The van der Waals surface area contributed by atoms with Crippen LogP contribution in [0.4, 0.5) is 0 Å². The average molecular weight is 981 g/mol. The summed E-state index contributed by atoms with van der Waals surface area (Å²) in [6.45, 7) is 6.31. The Morgan fingerprint density at radius 1 is 0.567 bits per heavy atom. The second kappa shape index (κ2) is 36.2. The minimum Gasteiger partial charge on any atom is -0.453 e. The zero-order valence-electron chi connectivity index (χ0n) is 41.5. The van der Waals surface area contributed by atoms with Crippen molar-refractivity contribution in [3.05, 3.63) is 11.6 Å². The van der Waals surface area contributed by atoms with Gasteiger partial charge in [-0.25, -0.2) is 8.98 Å². The van der Waals surface area contributed by atoms with Gasteiger partial charge < -0.3 is 49.2 Å². The summed E-state index contributed by atoms with van der Waals surface area (Å²) in [4.78, 5) is 27.1. The van der Waals surface area contributed by atoms with Crippen LogP contribution in [0.1, 0.15) is 214 Å². The second-order valence-electron chi connectivity index (χ2n) is 19.1. The molecule has 0 amide bonds. The molecule has 0 spiro atoms. The van der Waals surface area contributed by atoms with Crippen molar-refractivity contribution in [1.29, 1.82) is 0 Å². The summed E-state index contributed by atoms with van der Waals surface area (Å²) in [7, 11) is -5.30. The van der Waals surface area contributed by atoms with Gasteiger partial charge in [0.05, 0.1) is 13.2 Å². The van der Waals surface area contributed by atoms with E-state index < -0.39 is 97.0 Å². The van der Waals surface area contributed by atoms with Crippen molar-refractivity contribution in [3.63, 3.8) is 0 Å². The Bertz CT molecular complexity index is 1430. The van der Waals surface area contributed by atoms with Crippen molar-refractivity contribution in [2.45, 2.75) is 275 Å². The molecule has 17 heteroatoms. The molecule has 2 fully saturated rings. The molecule has 67 heavy (non-hydrogen) atoms. The van der Waals surface area contributed by atoms with Gasteiger partial charge in [-0.05, 0) is 25.7 Å². The number of esters is 2. The highest BCUT2D eigenvalue weighted by atomic mass is 32.3. The Balaban J connectivity index is 2.08. The van der Waals surface area contributed by atoms with E-state index in [9.17, 15) is 48.1 Å². The third-order valence-corrected chi connectivity index (χ3v) is 13.5. The smallest absolute Gasteiger partial charge is 0.397 e. The molecule has 2 rings (SSSR count). The van der Waals surface area contributed by atoms with E-state index in [1.54, 1.807) is 13.0 Å². The Labute approximate surface area is 403 Å². The van der Waals surface area contributed by atoms with Gasteiger partial charge in [-0.15, -0.1) is 0 Å². The molecular formula is C50H92O16S. The van der Waals surface area contributed by atoms with E-state index in [0.717, 1.165) is 51.4 Å². The number of allylic oxidation sites excluding steroid dienone is 1. The van der Waals surface area contributed by atoms with Crippen LogP contribution in [-0.2, 0) is 47.9 Å². The maximum atomic E-state index is 13.7. The molecule has 0 unspecified atom stereocenters. The minimum absolute atomic E-state index is 0.0177. The quantitative estimate of drug-likeness (QED) is 0.0146. The number of hydrogen-bond donors (Lipinski definition) is 6. The van der Waals surface area contributed by atoms with E-state index >= 15 is 0 Å². The Morgan fingerprint density at radius 3 is 1.40 bits per heavy atom. The molecule has 16 nitrogen and oxygen atoms in total. The number of aliphatic hydroxyl groups is 5. The predicted molar refractivity (Wildman–Crippen MR) is 255 cm³/mol. The van der Waals surface area contributed by atoms with Gasteiger partial charge in [0.2, 0.25) is 6.29 Å². The Hall–Kier alpha value is -1.77. The molecule has 0 saturated carbocycles. The van der Waals surface area contributed by atoms with Crippen molar-refractivity contribution in [2.24, 2.45) is 5.92 Å². The molecule has 394 valence electrons. The lowest BCUT2D eigenvalue weighted by Crippen LogP contribution is -2.65. The lowest BCUT2D eigenvalue weighted by atomic mass is 9.97. The van der Waals surface area contributed by atoms with Crippen LogP contribution in [0.15, 0.2) is 11.6 Å². The van der Waals surface area contributed by atoms with Gasteiger partial charge >= 0.3 is 22.3 Å². The summed E-state index contributed by atoms with van der Waals surface area (Å²) in [5.41, 5.74) is 0.228. The molecule has 0 aromatic rings. The maximum Gasteiger partial charge on any atom is 0.397 e. The predicted octanol–water partition coefficient (Wildman–Crippen LogP) is 8.47. The van der Waals surface area contributed by atoms with Crippen LogP contribution in [0.3, 0.4) is 0 Å². The first-order chi connectivity index (χ1) is 32.2. The van der Waals surface area contributed by atoms with Crippen molar-refractivity contribution >= 4 is 22.3 Å². The monoisotopic (exact) mass is 981 g/mol. The van der Waals surface area contributed by atoms with Gasteiger partial charge in [-0.3, -0.25) is 9.35 Å². The van der Waals surface area contributed by atoms with Crippen LogP contribution in [0, 0.1) is 5.92 Å². The normalized spacial score (nSPS) is 26.4. The average Bonchev–Trinajstić information content (AvgIpc) is 3.29. The van der Waals surface area contributed by atoms with Crippen molar-refractivity contribution in [2.75, 3.05) is 13.2 Å². The van der Waals surface area contributed by atoms with Crippen LogP contribution in [-0.4, -0.2) is 125 Å². The molecule has 11 atom stereocenters.